The van der Waals surface area contributed by atoms with E-state index in [0.717, 1.165) is 6.92 Å². The number of hydrogen-bond donors (Lipinski definition) is 2. The molecule has 0 aliphatic carbocycles. The third kappa shape index (κ3) is 4.55. The monoisotopic (exact) mass is 387 g/mol. The molecule has 1 aromatic rings. The van der Waals surface area contributed by atoms with E-state index in [9.17, 15) is 33.2 Å². The first-order chi connectivity index (χ1) is 11.9. The zero-order valence-electron chi connectivity index (χ0n) is 14.8. The Morgan fingerprint density at radius 3 is 2.31 bits per heavy atom. The number of aliphatic carboxylic acids is 1. The second kappa shape index (κ2) is 8.23. The van der Waals surface area contributed by atoms with Gasteiger partial charge < -0.3 is 10.4 Å². The molecule has 0 fully saturated rings. The number of nitro benzene ring substituents is 1. The molecule has 2 N–H and O–H groups in total. The van der Waals surface area contributed by atoms with Gasteiger partial charge in [0, 0.05) is 25.6 Å². The van der Waals surface area contributed by atoms with Gasteiger partial charge >= 0.3 is 5.97 Å². The average Bonchev–Trinajstić information content (AvgIpc) is 2.51. The van der Waals surface area contributed by atoms with Gasteiger partial charge in [-0.3, -0.25) is 19.7 Å². The molecule has 0 aliphatic heterocycles. The molecule has 0 radical (unpaired) electrons. The lowest BCUT2D eigenvalue weighted by Crippen LogP contribution is -2.46. The topological polar surface area (TPSA) is 147 Å². The fraction of sp³-hybridized carbons (Fsp3) is 0.467. The second-order valence-electron chi connectivity index (χ2n) is 5.75. The summed E-state index contributed by atoms with van der Waals surface area (Å²) in [6.07, 6.45) is 0. The number of nitro groups is 1. The van der Waals surface area contributed by atoms with Gasteiger partial charge in [0.1, 0.15) is 6.04 Å². The smallest absolute Gasteiger partial charge is 0.321 e. The number of aryl methyl sites for hydroxylation is 2. The summed E-state index contributed by atoms with van der Waals surface area (Å²) in [5.74, 6) is -1.83. The molecule has 1 unspecified atom stereocenters. The predicted molar refractivity (Wildman–Crippen MR) is 92.2 cm³/mol. The number of nitrogens with zero attached hydrogens (tertiary/aromatic N) is 2. The van der Waals surface area contributed by atoms with Crippen LogP contribution in [-0.2, 0) is 19.6 Å². The number of benzene rings is 1. The Labute approximate surface area is 151 Å². The van der Waals surface area contributed by atoms with E-state index in [1.807, 2.05) is 0 Å². The van der Waals surface area contributed by atoms with Crippen LogP contribution in [0.4, 0.5) is 5.69 Å². The lowest BCUT2D eigenvalue weighted by molar-refractivity contribution is -0.388. The van der Waals surface area contributed by atoms with E-state index in [4.69, 9.17) is 0 Å². The molecule has 0 aromatic heterocycles. The number of carboxylic acid groups (broad SMARTS) is 1. The molecule has 11 heteroatoms. The van der Waals surface area contributed by atoms with Gasteiger partial charge in [0.25, 0.3) is 15.7 Å². The summed E-state index contributed by atoms with van der Waals surface area (Å²) in [4.78, 5) is 32.4. The summed E-state index contributed by atoms with van der Waals surface area (Å²) in [6.45, 7) is 4.71. The zero-order chi connectivity index (χ0) is 20.2. The Balaban J connectivity index is 3.55. The summed E-state index contributed by atoms with van der Waals surface area (Å²) >= 11 is 0. The van der Waals surface area contributed by atoms with Crippen molar-refractivity contribution < 1.29 is 28.0 Å². The highest BCUT2D eigenvalue weighted by Gasteiger charge is 2.38. The van der Waals surface area contributed by atoms with Crippen LogP contribution in [-0.4, -0.2) is 53.8 Å². The van der Waals surface area contributed by atoms with Crippen LogP contribution in [0.3, 0.4) is 0 Å². The Morgan fingerprint density at radius 1 is 1.31 bits per heavy atom. The average molecular weight is 387 g/mol. The third-order valence-electron chi connectivity index (χ3n) is 3.77. The Kier molecular flexibility index (Phi) is 6.81. The molecule has 1 aromatic carbocycles. The molecular formula is C15H21N3O7S. The van der Waals surface area contributed by atoms with Crippen LogP contribution in [0.1, 0.15) is 25.0 Å². The Morgan fingerprint density at radius 2 is 1.85 bits per heavy atom. The molecule has 0 bridgehead atoms. The zero-order valence-corrected chi connectivity index (χ0v) is 15.7. The molecule has 0 heterocycles. The quantitative estimate of drug-likeness (QED) is 0.495. The van der Waals surface area contributed by atoms with Crippen LogP contribution < -0.4 is 5.32 Å². The minimum atomic E-state index is -4.51. The normalized spacial score (nSPS) is 12.7. The number of rotatable bonds is 8. The Hall–Kier alpha value is -2.53. The maximum Gasteiger partial charge on any atom is 0.321 e. The maximum absolute atomic E-state index is 13.1. The molecule has 1 rings (SSSR count). The highest BCUT2D eigenvalue weighted by atomic mass is 32.2. The van der Waals surface area contributed by atoms with Gasteiger partial charge in [0.05, 0.1) is 4.92 Å². The Bertz CT molecular complexity index is 836. The first kappa shape index (κ1) is 21.5. The third-order valence-corrected chi connectivity index (χ3v) is 5.92. The van der Waals surface area contributed by atoms with Gasteiger partial charge in [-0.1, -0.05) is 12.1 Å². The van der Waals surface area contributed by atoms with Crippen LogP contribution in [0.15, 0.2) is 17.0 Å². The molecule has 0 spiro atoms. The van der Waals surface area contributed by atoms with E-state index < -0.39 is 43.4 Å². The van der Waals surface area contributed by atoms with Crippen molar-refractivity contribution in [2.45, 2.75) is 38.6 Å². The maximum atomic E-state index is 13.1. The van der Waals surface area contributed by atoms with E-state index in [-0.39, 0.29) is 24.2 Å². The standard InChI is InChI=1S/C15H21N3O7S/c1-9-5-6-10(2)14(13(9)18(22)23)26(24,25)17(11(3)15(20)21)8-7-16-12(4)19/h5-6,11H,7-8H2,1-4H3,(H,16,19)(H,20,21). The van der Waals surface area contributed by atoms with Crippen molar-refractivity contribution in [1.29, 1.82) is 0 Å². The molecule has 10 nitrogen and oxygen atoms in total. The molecule has 26 heavy (non-hydrogen) atoms. The van der Waals surface area contributed by atoms with Crippen LogP contribution in [0.25, 0.3) is 0 Å². The van der Waals surface area contributed by atoms with E-state index >= 15 is 0 Å². The van der Waals surface area contributed by atoms with Crippen molar-refractivity contribution in [1.82, 2.24) is 9.62 Å². The van der Waals surface area contributed by atoms with Crippen molar-refractivity contribution in [3.8, 4) is 0 Å². The summed E-state index contributed by atoms with van der Waals surface area (Å²) in [5, 5.41) is 23.1. The molecule has 0 saturated heterocycles. The molecule has 144 valence electrons. The molecule has 1 amide bonds. The van der Waals surface area contributed by atoms with Gasteiger partial charge in [-0.15, -0.1) is 0 Å². The van der Waals surface area contributed by atoms with Crippen LogP contribution >= 0.6 is 0 Å². The highest BCUT2D eigenvalue weighted by molar-refractivity contribution is 7.89. The van der Waals surface area contributed by atoms with Crippen LogP contribution in [0.5, 0.6) is 0 Å². The van der Waals surface area contributed by atoms with E-state index in [0.29, 0.717) is 4.31 Å². The summed E-state index contributed by atoms with van der Waals surface area (Å²) in [7, 11) is -4.51. The van der Waals surface area contributed by atoms with Gasteiger partial charge in [0.15, 0.2) is 4.90 Å². The second-order valence-corrected chi connectivity index (χ2v) is 7.57. The fourth-order valence-corrected chi connectivity index (χ4v) is 4.45. The minimum absolute atomic E-state index is 0.129. The SMILES string of the molecule is CC(=O)NCCN(C(C)C(=O)O)S(=O)(=O)c1c(C)ccc(C)c1[N+](=O)[O-]. The highest BCUT2D eigenvalue weighted by Crippen LogP contribution is 2.33. The molecule has 1 atom stereocenters. The molecular weight excluding hydrogens is 366 g/mol. The van der Waals surface area contributed by atoms with Crippen molar-refractivity contribution in [2.75, 3.05) is 13.1 Å². The lowest BCUT2D eigenvalue weighted by Gasteiger charge is -2.26. The van der Waals surface area contributed by atoms with Crippen molar-refractivity contribution in [3.05, 3.63) is 33.4 Å². The van der Waals surface area contributed by atoms with Gasteiger partial charge in [-0.25, -0.2) is 8.42 Å². The van der Waals surface area contributed by atoms with E-state index in [1.165, 1.54) is 32.9 Å². The van der Waals surface area contributed by atoms with Crippen molar-refractivity contribution >= 4 is 27.6 Å². The number of nitrogens with one attached hydrogen (secondary N) is 1. The summed E-state index contributed by atoms with van der Waals surface area (Å²) in [5.41, 5.74) is -0.319. The van der Waals surface area contributed by atoms with Crippen LogP contribution in [0, 0.1) is 24.0 Å². The number of hydrogen-bond acceptors (Lipinski definition) is 6. The first-order valence-corrected chi connectivity index (χ1v) is 9.09. The summed E-state index contributed by atoms with van der Waals surface area (Å²) < 4.78 is 26.8. The minimum Gasteiger partial charge on any atom is -0.480 e. The lowest BCUT2D eigenvalue weighted by atomic mass is 10.1. The van der Waals surface area contributed by atoms with Crippen molar-refractivity contribution in [3.63, 3.8) is 0 Å². The van der Waals surface area contributed by atoms with Gasteiger partial charge in [-0.2, -0.15) is 4.31 Å². The number of carbonyl (C=O) groups is 2. The fourth-order valence-electron chi connectivity index (χ4n) is 2.43. The van der Waals surface area contributed by atoms with E-state index in [2.05, 4.69) is 5.32 Å². The number of carbonyl (C=O) groups excluding carboxylic acids is 1. The largest absolute Gasteiger partial charge is 0.480 e. The van der Waals surface area contributed by atoms with Gasteiger partial charge in [-0.05, 0) is 26.3 Å². The number of sulfonamides is 1. The number of carboxylic acids is 1. The molecule has 0 saturated carbocycles. The molecule has 0 aliphatic rings. The number of amides is 1. The summed E-state index contributed by atoms with van der Waals surface area (Å²) in [6, 6.07) is 1.37. The predicted octanol–water partition coefficient (Wildman–Crippen LogP) is 0.812. The van der Waals surface area contributed by atoms with E-state index in [1.54, 1.807) is 0 Å². The first-order valence-electron chi connectivity index (χ1n) is 7.65. The van der Waals surface area contributed by atoms with Gasteiger partial charge in [0.2, 0.25) is 5.91 Å². The van der Waals surface area contributed by atoms with Crippen molar-refractivity contribution in [2.24, 2.45) is 0 Å². The van der Waals surface area contributed by atoms with Crippen LogP contribution in [0.2, 0.25) is 0 Å².